The maximum absolute atomic E-state index is 15.2. The van der Waals surface area contributed by atoms with Gasteiger partial charge in [0.05, 0.1) is 44.8 Å². The summed E-state index contributed by atoms with van der Waals surface area (Å²) in [5, 5.41) is 8.46. The van der Waals surface area contributed by atoms with Crippen LogP contribution in [0.3, 0.4) is 0 Å². The molecule has 0 radical (unpaired) electrons. The quantitative estimate of drug-likeness (QED) is 0.0805. The Hall–Kier alpha value is -5.07. The first kappa shape index (κ1) is 35.3. The molecule has 1 saturated heterocycles. The van der Waals surface area contributed by atoms with Crippen molar-refractivity contribution in [3.63, 3.8) is 0 Å². The summed E-state index contributed by atoms with van der Waals surface area (Å²) in [7, 11) is 0.698. The van der Waals surface area contributed by atoms with Crippen molar-refractivity contribution in [1.29, 1.82) is 0 Å². The van der Waals surface area contributed by atoms with Crippen molar-refractivity contribution in [3.8, 4) is 16.9 Å². The molecule has 2 aromatic carbocycles. The van der Waals surface area contributed by atoms with E-state index in [0.29, 0.717) is 83.4 Å². The van der Waals surface area contributed by atoms with Gasteiger partial charge in [0.2, 0.25) is 11.9 Å². The second kappa shape index (κ2) is 15.3. The number of methoxy groups -OCH3 is 1. The van der Waals surface area contributed by atoms with Crippen molar-refractivity contribution in [3.05, 3.63) is 78.0 Å². The average Bonchev–Trinajstić information content (AvgIpc) is 3.89. The van der Waals surface area contributed by atoms with E-state index in [9.17, 15) is 13.2 Å². The lowest BCUT2D eigenvalue weighted by Gasteiger charge is -2.29. The van der Waals surface area contributed by atoms with Crippen LogP contribution in [0.2, 0.25) is 19.1 Å². The van der Waals surface area contributed by atoms with Crippen LogP contribution in [0.5, 0.6) is 5.75 Å². The van der Waals surface area contributed by atoms with E-state index in [1.165, 1.54) is 24.7 Å². The molecule has 52 heavy (non-hydrogen) atoms. The number of halogens is 4. The summed E-state index contributed by atoms with van der Waals surface area (Å²) in [6.45, 7) is 4.58. The van der Waals surface area contributed by atoms with Gasteiger partial charge in [-0.3, -0.25) is 0 Å². The van der Waals surface area contributed by atoms with Gasteiger partial charge in [-0.25, -0.2) is 18.4 Å². The Labute approximate surface area is 298 Å². The molecule has 1 aliphatic heterocycles. The molecule has 18 heteroatoms. The van der Waals surface area contributed by atoms with Gasteiger partial charge in [-0.15, -0.1) is 0 Å². The van der Waals surface area contributed by atoms with Gasteiger partial charge in [-0.2, -0.15) is 33.5 Å². The summed E-state index contributed by atoms with van der Waals surface area (Å²) in [5.41, 5.74) is 2.39. The van der Waals surface area contributed by atoms with Gasteiger partial charge in [0.15, 0.2) is 17.3 Å². The third-order valence-electron chi connectivity index (χ3n) is 8.84. The molecule has 0 bridgehead atoms. The van der Waals surface area contributed by atoms with Crippen LogP contribution in [0, 0.1) is 11.6 Å². The number of hydrogen-bond acceptors (Lipinski definition) is 10. The number of fused-ring (bicyclic) bond motifs is 2. The first-order valence-electron chi connectivity index (χ1n) is 16.9. The van der Waals surface area contributed by atoms with Gasteiger partial charge in [-0.05, 0) is 35.9 Å². The lowest BCUT2D eigenvalue weighted by molar-refractivity contribution is 0.0566. The molecule has 274 valence electrons. The molecular formula is C34H38F4N10O3Si. The van der Waals surface area contributed by atoms with Gasteiger partial charge < -0.3 is 28.6 Å². The van der Waals surface area contributed by atoms with Gasteiger partial charge in [0.25, 0.3) is 0 Å². The number of aromatic nitrogens is 8. The summed E-state index contributed by atoms with van der Waals surface area (Å²) < 4.78 is 77.6. The Kier molecular flexibility index (Phi) is 10.4. The Balaban J connectivity index is 1.38. The minimum atomic E-state index is -2.82. The first-order valence-corrected chi connectivity index (χ1v) is 20.0. The Morgan fingerprint density at radius 3 is 2.46 bits per heavy atom. The SMILES string of the molecule is COc1ccc(CN(Cc2nc3c(F)c(F)ccc3n2COCC[SiH](C)C)c2nc(N3CCOCC3)nc3c(-c4cnn(C(F)F)c4)cnn23)cc1. The highest BCUT2D eigenvalue weighted by Gasteiger charge is 2.26. The molecule has 6 aromatic rings. The number of benzene rings is 2. The van der Waals surface area contributed by atoms with E-state index in [0.717, 1.165) is 17.7 Å². The molecule has 1 aliphatic rings. The highest BCUT2D eigenvalue weighted by Crippen LogP contribution is 2.31. The largest absolute Gasteiger partial charge is 0.497 e. The van der Waals surface area contributed by atoms with Crippen molar-refractivity contribution in [2.24, 2.45) is 0 Å². The Morgan fingerprint density at radius 2 is 1.75 bits per heavy atom. The van der Waals surface area contributed by atoms with Crippen molar-refractivity contribution >= 4 is 37.4 Å². The molecule has 7 rings (SSSR count). The van der Waals surface area contributed by atoms with Gasteiger partial charge in [0, 0.05) is 52.4 Å². The van der Waals surface area contributed by atoms with E-state index < -0.39 is 27.0 Å². The fourth-order valence-corrected chi connectivity index (χ4v) is 6.63. The van der Waals surface area contributed by atoms with Crippen molar-refractivity contribution < 1.29 is 31.8 Å². The second-order valence-electron chi connectivity index (χ2n) is 12.8. The van der Waals surface area contributed by atoms with Crippen molar-refractivity contribution in [2.75, 3.05) is 49.8 Å². The number of imidazole rings is 1. The van der Waals surface area contributed by atoms with Gasteiger partial charge in [0.1, 0.15) is 23.8 Å². The molecule has 0 saturated carbocycles. The zero-order valence-corrected chi connectivity index (χ0v) is 30.1. The van der Waals surface area contributed by atoms with Crippen LogP contribution in [0.15, 0.2) is 55.0 Å². The molecule has 4 aromatic heterocycles. The molecule has 5 heterocycles. The highest BCUT2D eigenvalue weighted by atomic mass is 28.3. The van der Waals surface area contributed by atoms with E-state index in [4.69, 9.17) is 24.2 Å². The normalized spacial score (nSPS) is 13.7. The summed E-state index contributed by atoms with van der Waals surface area (Å²) >= 11 is 0. The molecule has 0 unspecified atom stereocenters. The molecular weight excluding hydrogens is 701 g/mol. The predicted octanol–water partition coefficient (Wildman–Crippen LogP) is 5.52. The van der Waals surface area contributed by atoms with Crippen LogP contribution < -0.4 is 14.5 Å². The van der Waals surface area contributed by atoms with Crippen LogP contribution in [0.25, 0.3) is 27.8 Å². The smallest absolute Gasteiger partial charge is 0.333 e. The van der Waals surface area contributed by atoms with Crippen LogP contribution in [-0.4, -0.2) is 87.7 Å². The number of morpholine rings is 1. The predicted molar refractivity (Wildman–Crippen MR) is 188 cm³/mol. The van der Waals surface area contributed by atoms with E-state index in [2.05, 4.69) is 28.3 Å². The first-order chi connectivity index (χ1) is 25.2. The molecule has 13 nitrogen and oxygen atoms in total. The average molecular weight is 739 g/mol. The number of alkyl halides is 2. The molecule has 0 amide bonds. The fourth-order valence-electron chi connectivity index (χ4n) is 5.99. The fraction of sp³-hybridized carbons (Fsp3) is 0.382. The van der Waals surface area contributed by atoms with Gasteiger partial charge in [-0.1, -0.05) is 25.2 Å². The standard InChI is InChI=1S/C34H38F4N10O3Si/c1-49-24-6-4-22(5-7-24)18-45(20-28-41-30-27(9-8-26(35)29(30)36)46(28)21-51-14-15-52(2)3)34-43-33(44-10-12-50-13-11-44)42-31-25(17-40-48(31)34)23-16-39-47(19-23)32(37)38/h4-9,16-17,19,32,52H,10-15,18,20-21H2,1-3H3. The van der Waals surface area contributed by atoms with Crippen LogP contribution >= 0.6 is 0 Å². The summed E-state index contributed by atoms with van der Waals surface area (Å²) in [6.07, 6.45) is 4.12. The van der Waals surface area contributed by atoms with Crippen LogP contribution in [0.1, 0.15) is 17.9 Å². The monoisotopic (exact) mass is 738 g/mol. The number of anilines is 2. The van der Waals surface area contributed by atoms with Crippen molar-refractivity contribution in [2.45, 2.75) is 45.5 Å². The molecule has 0 spiro atoms. The summed E-state index contributed by atoms with van der Waals surface area (Å²) in [4.78, 5) is 18.4. The van der Waals surface area contributed by atoms with Gasteiger partial charge >= 0.3 is 6.55 Å². The third-order valence-corrected chi connectivity index (χ3v) is 10.2. The van der Waals surface area contributed by atoms with E-state index in [1.54, 1.807) is 16.2 Å². The molecule has 0 N–H and O–H groups in total. The van der Waals surface area contributed by atoms with E-state index in [-0.39, 0.29) is 25.3 Å². The van der Waals surface area contributed by atoms with Crippen LogP contribution in [0.4, 0.5) is 29.5 Å². The molecule has 1 fully saturated rings. The second-order valence-corrected chi connectivity index (χ2v) is 16.2. The maximum Gasteiger partial charge on any atom is 0.333 e. The van der Waals surface area contributed by atoms with Crippen molar-refractivity contribution in [1.82, 2.24) is 38.9 Å². The topological polar surface area (TPSA) is 113 Å². The number of ether oxygens (including phenoxy) is 3. The van der Waals surface area contributed by atoms with E-state index >= 15 is 4.39 Å². The van der Waals surface area contributed by atoms with E-state index in [1.807, 2.05) is 34.1 Å². The third kappa shape index (κ3) is 7.31. The Morgan fingerprint density at radius 1 is 0.962 bits per heavy atom. The minimum Gasteiger partial charge on any atom is -0.497 e. The minimum absolute atomic E-state index is 0.0667. The van der Waals surface area contributed by atoms with Crippen LogP contribution in [-0.2, 0) is 29.3 Å². The number of hydrogen-bond donors (Lipinski definition) is 0. The Bertz CT molecular complexity index is 2150. The summed E-state index contributed by atoms with van der Waals surface area (Å²) in [6, 6.07) is 11.0. The zero-order chi connectivity index (χ0) is 36.4. The molecule has 0 aliphatic carbocycles. The number of nitrogens with zero attached hydrogens (tertiary/aromatic N) is 10. The lowest BCUT2D eigenvalue weighted by Crippen LogP contribution is -2.38. The molecule has 0 atom stereocenters. The lowest BCUT2D eigenvalue weighted by atomic mass is 10.2. The maximum atomic E-state index is 15.2. The summed E-state index contributed by atoms with van der Waals surface area (Å²) in [5.74, 6) is -0.231. The number of rotatable bonds is 14. The highest BCUT2D eigenvalue weighted by molar-refractivity contribution is 6.55. The zero-order valence-electron chi connectivity index (χ0n) is 28.9.